The first-order valence-electron chi connectivity index (χ1n) is 9.08. The maximum atomic E-state index is 2.28. The Labute approximate surface area is 210 Å². The number of hydrogen-bond donors (Lipinski definition) is 0. The fourth-order valence-corrected chi connectivity index (χ4v) is 15.4. The minimum atomic E-state index is 1.37. The van der Waals surface area contributed by atoms with Crippen molar-refractivity contribution in [2.45, 2.75) is 0 Å². The lowest BCUT2D eigenvalue weighted by Crippen LogP contribution is -1.83. The summed E-state index contributed by atoms with van der Waals surface area (Å²) in [6.07, 6.45) is 4.36. The van der Waals surface area contributed by atoms with Crippen LogP contribution in [0.5, 0.6) is 0 Å². The Balaban J connectivity index is 1.31. The summed E-state index contributed by atoms with van der Waals surface area (Å²) < 4.78 is 10.2. The largest absolute Gasteiger partial charge is 0.121 e. The summed E-state index contributed by atoms with van der Waals surface area (Å²) in [5.41, 5.74) is 6.91. The van der Waals surface area contributed by atoms with E-state index < -0.39 is 0 Å². The third-order valence-electron chi connectivity index (χ3n) is 4.87. The van der Waals surface area contributed by atoms with E-state index in [1.807, 2.05) is 94.1 Å². The highest BCUT2D eigenvalue weighted by Crippen LogP contribution is 2.72. The van der Waals surface area contributed by atoms with Crippen molar-refractivity contribution in [2.75, 3.05) is 12.5 Å². The molecule has 150 valence electrons. The zero-order valence-corrected chi connectivity index (χ0v) is 22.4. The van der Waals surface area contributed by atoms with Gasteiger partial charge in [0.05, 0.1) is 29.7 Å². The average Bonchev–Trinajstić information content (AvgIpc) is 3.52. The van der Waals surface area contributed by atoms with Crippen LogP contribution in [-0.4, -0.2) is 12.5 Å². The molecular formula is C22H14S8. The molecule has 0 fully saturated rings. The van der Waals surface area contributed by atoms with Gasteiger partial charge in [0, 0.05) is 5.57 Å². The molecule has 3 aliphatic heterocycles. The predicted molar refractivity (Wildman–Crippen MR) is 152 cm³/mol. The van der Waals surface area contributed by atoms with E-state index in [4.69, 9.17) is 0 Å². The van der Waals surface area contributed by atoms with Crippen molar-refractivity contribution in [1.29, 1.82) is 0 Å². The third kappa shape index (κ3) is 3.41. The molecule has 0 spiro atoms. The molecular weight excluding hydrogens is 521 g/mol. The van der Waals surface area contributed by atoms with Crippen molar-refractivity contribution in [3.05, 3.63) is 89.3 Å². The first kappa shape index (κ1) is 20.8. The lowest BCUT2D eigenvalue weighted by Gasteiger charge is -2.10. The molecule has 0 bridgehead atoms. The molecule has 0 aromatic heterocycles. The smallest absolute Gasteiger partial charge is 0.0718 e. The monoisotopic (exact) mass is 534 g/mol. The van der Waals surface area contributed by atoms with Crippen molar-refractivity contribution in [1.82, 2.24) is 0 Å². The topological polar surface area (TPSA) is 0 Å². The Kier molecular flexibility index (Phi) is 5.90. The second-order valence-corrected chi connectivity index (χ2v) is 16.1. The quantitative estimate of drug-likeness (QED) is 0.314. The summed E-state index contributed by atoms with van der Waals surface area (Å²) in [6.45, 7) is 0. The van der Waals surface area contributed by atoms with Gasteiger partial charge in [-0.1, -0.05) is 119 Å². The van der Waals surface area contributed by atoms with E-state index >= 15 is 0 Å². The molecule has 0 atom stereocenters. The molecule has 3 heterocycles. The van der Waals surface area contributed by atoms with E-state index in [0.717, 1.165) is 0 Å². The van der Waals surface area contributed by atoms with Gasteiger partial charge in [0.2, 0.25) is 0 Å². The van der Waals surface area contributed by atoms with E-state index in [2.05, 4.69) is 61.0 Å². The van der Waals surface area contributed by atoms with Crippen molar-refractivity contribution >= 4 is 99.7 Å². The van der Waals surface area contributed by atoms with E-state index in [1.165, 1.54) is 57.5 Å². The van der Waals surface area contributed by atoms with Gasteiger partial charge in [0.25, 0.3) is 0 Å². The van der Waals surface area contributed by atoms with E-state index in [9.17, 15) is 0 Å². The van der Waals surface area contributed by atoms with Crippen LogP contribution in [0, 0.1) is 0 Å². The second-order valence-electron chi connectivity index (χ2n) is 6.50. The molecule has 1 aliphatic carbocycles. The highest BCUT2D eigenvalue weighted by Gasteiger charge is 2.37. The highest BCUT2D eigenvalue weighted by molar-refractivity contribution is 8.49. The van der Waals surface area contributed by atoms with Crippen LogP contribution in [0.3, 0.4) is 0 Å². The maximum absolute atomic E-state index is 2.28. The average molecular weight is 535 g/mol. The molecule has 0 radical (unpaired) electrons. The lowest BCUT2D eigenvalue weighted by molar-refractivity contribution is 1.65. The summed E-state index contributed by atoms with van der Waals surface area (Å²) in [6, 6.07) is 17.7. The fraction of sp³-hybridized carbons (Fsp3) is 0.0909. The van der Waals surface area contributed by atoms with Gasteiger partial charge in [-0.2, -0.15) is 0 Å². The zero-order valence-electron chi connectivity index (χ0n) is 15.9. The predicted octanol–water partition coefficient (Wildman–Crippen LogP) is 9.93. The van der Waals surface area contributed by atoms with Crippen LogP contribution in [0.15, 0.2) is 78.2 Å². The van der Waals surface area contributed by atoms with Gasteiger partial charge < -0.3 is 0 Å². The second kappa shape index (κ2) is 8.52. The van der Waals surface area contributed by atoms with Gasteiger partial charge >= 0.3 is 0 Å². The standard InChI is InChI=1S/C22H14S8/c1-23-17-18(24-2)28-21(27-17)22-29-19-20(30-22)26-16(25-19)15-13-9-5-3-7-11(13)12-8-4-6-10-14(12)15/h3-10H,1-2H3. The van der Waals surface area contributed by atoms with Crippen LogP contribution >= 0.6 is 94.1 Å². The van der Waals surface area contributed by atoms with Crippen LogP contribution in [-0.2, 0) is 0 Å². The van der Waals surface area contributed by atoms with E-state index in [1.54, 1.807) is 0 Å². The van der Waals surface area contributed by atoms with Gasteiger partial charge in [-0.3, -0.25) is 0 Å². The Morgan fingerprint density at radius 3 is 1.27 bits per heavy atom. The van der Waals surface area contributed by atoms with Gasteiger partial charge in [-0.25, -0.2) is 0 Å². The van der Waals surface area contributed by atoms with E-state index in [0.29, 0.717) is 0 Å². The van der Waals surface area contributed by atoms with Crippen molar-refractivity contribution in [2.24, 2.45) is 0 Å². The number of fused-ring (bicyclic) bond motifs is 3. The first-order valence-corrected chi connectivity index (χ1v) is 16.4. The number of benzene rings is 2. The molecule has 4 aliphatic rings. The molecule has 0 amide bonds. The molecule has 6 rings (SSSR count). The van der Waals surface area contributed by atoms with Crippen LogP contribution in [0.4, 0.5) is 0 Å². The summed E-state index contributed by atoms with van der Waals surface area (Å²) in [7, 11) is 0. The molecule has 0 unspecified atom stereocenters. The molecule has 2 aromatic carbocycles. The first-order chi connectivity index (χ1) is 14.8. The maximum Gasteiger partial charge on any atom is 0.0718 e. The summed E-state index contributed by atoms with van der Waals surface area (Å²) in [5, 5.41) is 0. The number of hydrogen-bond acceptors (Lipinski definition) is 8. The Morgan fingerprint density at radius 1 is 0.467 bits per heavy atom. The van der Waals surface area contributed by atoms with Crippen molar-refractivity contribution < 1.29 is 0 Å². The minimum absolute atomic E-state index is 1.37. The molecule has 0 nitrogen and oxygen atoms in total. The van der Waals surface area contributed by atoms with Gasteiger partial charge in [0.15, 0.2) is 0 Å². The summed E-state index contributed by atoms with van der Waals surface area (Å²) in [5.74, 6) is 0. The molecule has 0 saturated carbocycles. The number of thioether (sulfide) groups is 8. The van der Waals surface area contributed by atoms with Gasteiger partial charge in [0.1, 0.15) is 0 Å². The van der Waals surface area contributed by atoms with Crippen LogP contribution in [0.1, 0.15) is 11.1 Å². The van der Waals surface area contributed by atoms with E-state index in [-0.39, 0.29) is 0 Å². The lowest BCUT2D eigenvalue weighted by atomic mass is 10.1. The molecule has 0 N–H and O–H groups in total. The summed E-state index contributed by atoms with van der Waals surface area (Å²) in [4.78, 5) is 0. The van der Waals surface area contributed by atoms with Gasteiger partial charge in [-0.15, -0.1) is 23.5 Å². The van der Waals surface area contributed by atoms with Crippen LogP contribution in [0.2, 0.25) is 0 Å². The van der Waals surface area contributed by atoms with Crippen molar-refractivity contribution in [3.63, 3.8) is 0 Å². The molecule has 2 aromatic rings. The highest BCUT2D eigenvalue weighted by atomic mass is 32.3. The minimum Gasteiger partial charge on any atom is -0.121 e. The Morgan fingerprint density at radius 2 is 0.833 bits per heavy atom. The Hall–Kier alpha value is 0.200. The normalized spacial score (nSPS) is 19.9. The summed E-state index contributed by atoms with van der Waals surface area (Å²) >= 11 is 15.5. The number of rotatable bonds is 2. The fourth-order valence-electron chi connectivity index (χ4n) is 3.62. The van der Waals surface area contributed by atoms with Crippen LogP contribution in [0.25, 0.3) is 16.7 Å². The Bertz CT molecular complexity index is 1130. The van der Waals surface area contributed by atoms with Gasteiger partial charge in [-0.05, 0) is 34.8 Å². The third-order valence-corrected chi connectivity index (χ3v) is 16.2. The molecule has 0 saturated heterocycles. The SMILES string of the molecule is CSC1=C(SC)SC(=C2SC3=C(S2)SC(=C2c4ccccc4-c4ccccc42)S3)S1. The molecule has 30 heavy (non-hydrogen) atoms. The van der Waals surface area contributed by atoms with Crippen LogP contribution < -0.4 is 0 Å². The zero-order chi connectivity index (χ0) is 20.2. The molecule has 8 heteroatoms. The van der Waals surface area contributed by atoms with Crippen molar-refractivity contribution in [3.8, 4) is 11.1 Å².